The minimum absolute atomic E-state index is 0.155. The maximum absolute atomic E-state index is 11.6. The molecule has 26 heavy (non-hydrogen) atoms. The van der Waals surface area contributed by atoms with Crippen molar-refractivity contribution in [2.75, 3.05) is 17.2 Å². The Morgan fingerprint density at radius 3 is 2.54 bits per heavy atom. The average molecular weight is 369 g/mol. The SMILES string of the molecule is Cc1cc(C)cc(Nc2ncnc(NCCc3cccs3)c2[N+](=O)[O-])c1. The van der Waals surface area contributed by atoms with Gasteiger partial charge in [-0.2, -0.15) is 0 Å². The Morgan fingerprint density at radius 1 is 1.15 bits per heavy atom. The summed E-state index contributed by atoms with van der Waals surface area (Å²) in [5.74, 6) is 0.391. The Morgan fingerprint density at radius 2 is 1.88 bits per heavy atom. The highest BCUT2D eigenvalue weighted by atomic mass is 32.1. The van der Waals surface area contributed by atoms with Crippen LogP contribution in [0.3, 0.4) is 0 Å². The second kappa shape index (κ2) is 7.92. The summed E-state index contributed by atoms with van der Waals surface area (Å²) in [6.45, 7) is 4.51. The van der Waals surface area contributed by atoms with Crippen LogP contribution in [0.15, 0.2) is 42.0 Å². The molecule has 0 saturated carbocycles. The van der Waals surface area contributed by atoms with Crippen molar-refractivity contribution in [1.82, 2.24) is 9.97 Å². The summed E-state index contributed by atoms with van der Waals surface area (Å²) < 4.78 is 0. The van der Waals surface area contributed by atoms with Gasteiger partial charge in [-0.3, -0.25) is 10.1 Å². The van der Waals surface area contributed by atoms with E-state index in [0.29, 0.717) is 6.54 Å². The fourth-order valence-corrected chi connectivity index (χ4v) is 3.42. The normalized spacial score (nSPS) is 10.5. The van der Waals surface area contributed by atoms with Gasteiger partial charge in [-0.1, -0.05) is 12.1 Å². The van der Waals surface area contributed by atoms with E-state index in [1.54, 1.807) is 11.3 Å². The first-order valence-electron chi connectivity index (χ1n) is 8.14. The second-order valence-electron chi connectivity index (χ2n) is 5.93. The number of aryl methyl sites for hydroxylation is 2. The quantitative estimate of drug-likeness (QED) is 0.472. The van der Waals surface area contributed by atoms with Gasteiger partial charge >= 0.3 is 5.69 Å². The average Bonchev–Trinajstić information content (AvgIpc) is 3.07. The van der Waals surface area contributed by atoms with Crippen LogP contribution in [0.2, 0.25) is 0 Å². The second-order valence-corrected chi connectivity index (χ2v) is 6.97. The first-order chi connectivity index (χ1) is 12.5. The summed E-state index contributed by atoms with van der Waals surface area (Å²) in [6, 6.07) is 9.90. The maximum Gasteiger partial charge on any atom is 0.353 e. The van der Waals surface area contributed by atoms with Crippen molar-refractivity contribution in [3.05, 3.63) is 68.2 Å². The molecule has 2 aromatic heterocycles. The lowest BCUT2D eigenvalue weighted by molar-refractivity contribution is -0.383. The molecule has 3 aromatic rings. The van der Waals surface area contributed by atoms with Gasteiger partial charge in [0.2, 0.25) is 11.6 Å². The molecule has 7 nitrogen and oxygen atoms in total. The summed E-state index contributed by atoms with van der Waals surface area (Å²) in [7, 11) is 0. The molecule has 0 aliphatic rings. The number of rotatable bonds is 7. The van der Waals surface area contributed by atoms with E-state index in [1.807, 2.05) is 49.6 Å². The van der Waals surface area contributed by atoms with Crippen LogP contribution in [0.5, 0.6) is 0 Å². The minimum atomic E-state index is -0.460. The number of hydrogen-bond donors (Lipinski definition) is 2. The number of anilines is 3. The number of thiophene rings is 1. The van der Waals surface area contributed by atoms with Gasteiger partial charge < -0.3 is 10.6 Å². The number of hydrogen-bond acceptors (Lipinski definition) is 7. The molecule has 0 aliphatic heterocycles. The standard InChI is InChI=1S/C18H19N5O2S/c1-12-8-13(2)10-14(9-12)22-18-16(23(24)25)17(20-11-21-18)19-6-5-15-4-3-7-26-15/h3-4,7-11H,5-6H2,1-2H3,(H2,19,20,21,22). The predicted octanol–water partition coefficient (Wildman–Crippen LogP) is 4.46. The van der Waals surface area contributed by atoms with E-state index in [9.17, 15) is 10.1 Å². The van der Waals surface area contributed by atoms with Crippen molar-refractivity contribution in [2.45, 2.75) is 20.3 Å². The van der Waals surface area contributed by atoms with Crippen molar-refractivity contribution in [3.8, 4) is 0 Å². The van der Waals surface area contributed by atoms with Crippen molar-refractivity contribution in [1.29, 1.82) is 0 Å². The van der Waals surface area contributed by atoms with Crippen LogP contribution in [0.1, 0.15) is 16.0 Å². The summed E-state index contributed by atoms with van der Waals surface area (Å²) >= 11 is 1.66. The first kappa shape index (κ1) is 17.8. The Balaban J connectivity index is 1.82. The highest BCUT2D eigenvalue weighted by molar-refractivity contribution is 7.09. The first-order valence-corrected chi connectivity index (χ1v) is 9.02. The number of aromatic nitrogens is 2. The van der Waals surface area contributed by atoms with Gasteiger partial charge in [-0.25, -0.2) is 9.97 Å². The predicted molar refractivity (Wildman–Crippen MR) is 104 cm³/mol. The van der Waals surface area contributed by atoms with E-state index in [0.717, 1.165) is 23.2 Å². The minimum Gasteiger partial charge on any atom is -0.364 e. The number of nitrogens with one attached hydrogen (secondary N) is 2. The lowest BCUT2D eigenvalue weighted by atomic mass is 10.1. The zero-order valence-corrected chi connectivity index (χ0v) is 15.3. The topological polar surface area (TPSA) is 93.0 Å². The van der Waals surface area contributed by atoms with Gasteiger partial charge in [0.1, 0.15) is 6.33 Å². The van der Waals surface area contributed by atoms with Crippen LogP contribution in [-0.2, 0) is 6.42 Å². The molecule has 0 aliphatic carbocycles. The largest absolute Gasteiger partial charge is 0.364 e. The molecule has 0 fully saturated rings. The zero-order valence-electron chi connectivity index (χ0n) is 14.5. The van der Waals surface area contributed by atoms with Crippen molar-refractivity contribution in [3.63, 3.8) is 0 Å². The third-order valence-electron chi connectivity index (χ3n) is 3.73. The fraction of sp³-hybridized carbons (Fsp3) is 0.222. The molecule has 0 atom stereocenters. The van der Waals surface area contributed by atoms with E-state index in [2.05, 4.69) is 20.6 Å². The molecule has 3 rings (SSSR count). The molecule has 0 radical (unpaired) electrons. The molecule has 2 N–H and O–H groups in total. The lowest BCUT2D eigenvalue weighted by Crippen LogP contribution is -2.10. The molecule has 134 valence electrons. The zero-order chi connectivity index (χ0) is 18.5. The Bertz CT molecular complexity index is 892. The van der Waals surface area contributed by atoms with Crippen LogP contribution < -0.4 is 10.6 Å². The van der Waals surface area contributed by atoms with Gasteiger partial charge in [0.05, 0.1) is 4.92 Å². The summed E-state index contributed by atoms with van der Waals surface area (Å²) in [6.07, 6.45) is 2.10. The fourth-order valence-electron chi connectivity index (χ4n) is 2.72. The highest BCUT2D eigenvalue weighted by Crippen LogP contribution is 2.31. The number of nitro groups is 1. The van der Waals surface area contributed by atoms with Gasteiger partial charge in [-0.15, -0.1) is 11.3 Å². The van der Waals surface area contributed by atoms with Crippen LogP contribution in [0, 0.1) is 24.0 Å². The van der Waals surface area contributed by atoms with E-state index in [1.165, 1.54) is 11.2 Å². The maximum atomic E-state index is 11.6. The molecule has 1 aromatic carbocycles. The third-order valence-corrected chi connectivity index (χ3v) is 4.67. The third kappa shape index (κ3) is 4.34. The molecule has 2 heterocycles. The molecule has 0 bridgehead atoms. The molecular weight excluding hydrogens is 350 g/mol. The van der Waals surface area contributed by atoms with Crippen LogP contribution in [0.4, 0.5) is 23.0 Å². The lowest BCUT2D eigenvalue weighted by Gasteiger charge is -2.11. The molecule has 0 unspecified atom stereocenters. The molecule has 8 heteroatoms. The Kier molecular flexibility index (Phi) is 5.43. The molecule has 0 spiro atoms. The van der Waals surface area contributed by atoms with Crippen LogP contribution in [-0.4, -0.2) is 21.4 Å². The Hall–Kier alpha value is -3.00. The molecule has 0 amide bonds. The number of benzene rings is 1. The summed E-state index contributed by atoms with van der Waals surface area (Å²) in [5.41, 5.74) is 2.74. The van der Waals surface area contributed by atoms with Gasteiger partial charge in [0, 0.05) is 17.1 Å². The van der Waals surface area contributed by atoms with Crippen LogP contribution in [0.25, 0.3) is 0 Å². The smallest absolute Gasteiger partial charge is 0.353 e. The monoisotopic (exact) mass is 369 g/mol. The Labute approximate surface area is 155 Å². The summed E-state index contributed by atoms with van der Waals surface area (Å²) in [4.78, 5) is 20.5. The van der Waals surface area contributed by atoms with E-state index >= 15 is 0 Å². The van der Waals surface area contributed by atoms with E-state index in [-0.39, 0.29) is 17.3 Å². The summed E-state index contributed by atoms with van der Waals surface area (Å²) in [5, 5.41) is 19.7. The van der Waals surface area contributed by atoms with Gasteiger partial charge in [-0.05, 0) is 55.0 Å². The van der Waals surface area contributed by atoms with E-state index < -0.39 is 4.92 Å². The van der Waals surface area contributed by atoms with Crippen molar-refractivity contribution >= 4 is 34.3 Å². The van der Waals surface area contributed by atoms with Gasteiger partial charge in [0.25, 0.3) is 0 Å². The van der Waals surface area contributed by atoms with E-state index in [4.69, 9.17) is 0 Å². The van der Waals surface area contributed by atoms with Gasteiger partial charge in [0.15, 0.2) is 0 Å². The highest BCUT2D eigenvalue weighted by Gasteiger charge is 2.23. The molecular formula is C18H19N5O2S. The molecule has 0 saturated heterocycles. The van der Waals surface area contributed by atoms with Crippen molar-refractivity contribution < 1.29 is 4.92 Å². The number of nitrogens with zero attached hydrogens (tertiary/aromatic N) is 3. The van der Waals surface area contributed by atoms with Crippen LogP contribution >= 0.6 is 11.3 Å². The van der Waals surface area contributed by atoms with Crippen molar-refractivity contribution in [2.24, 2.45) is 0 Å².